The predicted molar refractivity (Wildman–Crippen MR) is 65.8 cm³/mol. The molecule has 1 aromatic carbocycles. The second-order valence-electron chi connectivity index (χ2n) is 3.87. The van der Waals surface area contributed by atoms with Gasteiger partial charge in [-0.2, -0.15) is 0 Å². The highest BCUT2D eigenvalue weighted by atomic mass is 19.1. The fourth-order valence-electron chi connectivity index (χ4n) is 1.41. The van der Waals surface area contributed by atoms with Crippen molar-refractivity contribution < 1.29 is 19.1 Å². The Balaban J connectivity index is 3.10. The summed E-state index contributed by atoms with van der Waals surface area (Å²) in [5, 5.41) is 8.81. The number of carboxylic acids is 1. The molecule has 1 amide bonds. The summed E-state index contributed by atoms with van der Waals surface area (Å²) in [5.74, 6) is -2.24. The lowest BCUT2D eigenvalue weighted by Gasteiger charge is -2.18. The molecule has 0 spiro atoms. The number of amides is 1. The number of para-hydroxylation sites is 1. The Morgan fingerprint density at radius 2 is 1.72 bits per heavy atom. The molecule has 0 aromatic heterocycles. The van der Waals surface area contributed by atoms with E-state index in [-0.39, 0.29) is 16.8 Å². The van der Waals surface area contributed by atoms with Crippen molar-refractivity contribution in [3.05, 3.63) is 41.2 Å². The second-order valence-corrected chi connectivity index (χ2v) is 3.87. The van der Waals surface area contributed by atoms with E-state index in [9.17, 15) is 14.0 Å². The number of carboxylic acid groups (broad SMARTS) is 1. The van der Waals surface area contributed by atoms with Crippen molar-refractivity contribution >= 4 is 17.6 Å². The first-order valence-electron chi connectivity index (χ1n) is 5.29. The molecule has 4 nitrogen and oxygen atoms in total. The minimum atomic E-state index is -1.16. The van der Waals surface area contributed by atoms with Gasteiger partial charge in [-0.3, -0.25) is 4.79 Å². The van der Waals surface area contributed by atoms with E-state index in [1.807, 2.05) is 0 Å². The number of hydrogen-bond acceptors (Lipinski definition) is 2. The fraction of sp³-hybridized carbons (Fsp3) is 0.231. The van der Waals surface area contributed by atoms with Gasteiger partial charge in [-0.05, 0) is 26.0 Å². The molecule has 1 N–H and O–H groups in total. The molecule has 0 unspecified atom stereocenters. The van der Waals surface area contributed by atoms with E-state index in [2.05, 4.69) is 0 Å². The maximum atomic E-state index is 13.5. The van der Waals surface area contributed by atoms with Crippen LogP contribution in [0.15, 0.2) is 35.4 Å². The number of likely N-dealkylation sites (N-methyl/N-ethyl adjacent to an activating group) is 1. The minimum Gasteiger partial charge on any atom is -0.478 e. The largest absolute Gasteiger partial charge is 0.478 e. The summed E-state index contributed by atoms with van der Waals surface area (Å²) < 4.78 is 13.5. The van der Waals surface area contributed by atoms with Crippen molar-refractivity contribution in [1.82, 2.24) is 0 Å². The standard InChI is InChI=1S/C13H14FNO3/c1-8(9(2)13(17)18)12(16)15(3)11-7-5-4-6-10(11)14/h4-7H,1-3H3,(H,17,18)/b9-8-. The Hall–Kier alpha value is -2.17. The smallest absolute Gasteiger partial charge is 0.331 e. The highest BCUT2D eigenvalue weighted by molar-refractivity contribution is 6.09. The number of anilines is 1. The molecule has 0 saturated heterocycles. The molecule has 0 heterocycles. The summed E-state index contributed by atoms with van der Waals surface area (Å²) in [4.78, 5) is 23.8. The van der Waals surface area contributed by atoms with Gasteiger partial charge in [0, 0.05) is 18.2 Å². The first-order valence-corrected chi connectivity index (χ1v) is 5.29. The maximum Gasteiger partial charge on any atom is 0.331 e. The van der Waals surface area contributed by atoms with E-state index in [0.29, 0.717) is 0 Å². The molecule has 0 aliphatic carbocycles. The summed E-state index contributed by atoms with van der Waals surface area (Å²) in [6, 6.07) is 5.81. The van der Waals surface area contributed by atoms with E-state index < -0.39 is 17.7 Å². The van der Waals surface area contributed by atoms with Gasteiger partial charge in [-0.1, -0.05) is 12.1 Å². The van der Waals surface area contributed by atoms with Crippen LogP contribution in [0.5, 0.6) is 0 Å². The van der Waals surface area contributed by atoms with Gasteiger partial charge in [0.15, 0.2) is 0 Å². The summed E-state index contributed by atoms with van der Waals surface area (Å²) >= 11 is 0. The average Bonchev–Trinajstić information content (AvgIpc) is 2.35. The number of carbonyl (C=O) groups is 2. The zero-order valence-electron chi connectivity index (χ0n) is 10.4. The molecule has 0 aliphatic heterocycles. The highest BCUT2D eigenvalue weighted by Gasteiger charge is 2.19. The quantitative estimate of drug-likeness (QED) is 0.838. The van der Waals surface area contributed by atoms with Crippen molar-refractivity contribution in [1.29, 1.82) is 0 Å². The molecule has 0 radical (unpaired) electrons. The summed E-state index contributed by atoms with van der Waals surface area (Å²) in [6.45, 7) is 2.74. The van der Waals surface area contributed by atoms with Crippen molar-refractivity contribution in [2.75, 3.05) is 11.9 Å². The van der Waals surface area contributed by atoms with Crippen LogP contribution >= 0.6 is 0 Å². The monoisotopic (exact) mass is 251 g/mol. The Morgan fingerprint density at radius 3 is 2.22 bits per heavy atom. The second kappa shape index (κ2) is 5.44. The number of nitrogens with zero attached hydrogens (tertiary/aromatic N) is 1. The van der Waals surface area contributed by atoms with Gasteiger partial charge in [0.1, 0.15) is 5.82 Å². The SMILES string of the molecule is C/C(C(=O)O)=C(\C)C(=O)N(C)c1ccccc1F. The topological polar surface area (TPSA) is 57.6 Å². The highest BCUT2D eigenvalue weighted by Crippen LogP contribution is 2.19. The molecule has 5 heteroatoms. The van der Waals surface area contributed by atoms with Crippen LogP contribution in [0.4, 0.5) is 10.1 Å². The third kappa shape index (κ3) is 2.74. The van der Waals surface area contributed by atoms with Gasteiger partial charge in [0.2, 0.25) is 0 Å². The molecule has 0 aliphatic rings. The van der Waals surface area contributed by atoms with Crippen LogP contribution in [0, 0.1) is 5.82 Å². The summed E-state index contributed by atoms with van der Waals surface area (Å²) in [6.07, 6.45) is 0. The number of aliphatic carboxylic acids is 1. The zero-order chi connectivity index (χ0) is 13.9. The van der Waals surface area contributed by atoms with Crippen LogP contribution in [0.2, 0.25) is 0 Å². The van der Waals surface area contributed by atoms with E-state index in [0.717, 1.165) is 4.90 Å². The Labute approximate surface area is 104 Å². The number of benzene rings is 1. The first kappa shape index (κ1) is 13.9. The van der Waals surface area contributed by atoms with E-state index in [1.54, 1.807) is 6.07 Å². The molecular weight excluding hydrogens is 237 g/mol. The van der Waals surface area contributed by atoms with Crippen LogP contribution in [0.25, 0.3) is 0 Å². The number of carbonyl (C=O) groups excluding carboxylic acids is 1. The van der Waals surface area contributed by atoms with Crippen LogP contribution < -0.4 is 4.90 Å². The van der Waals surface area contributed by atoms with Crippen LogP contribution in [0.3, 0.4) is 0 Å². The molecule has 0 atom stereocenters. The molecule has 0 fully saturated rings. The Bertz CT molecular complexity index is 523. The van der Waals surface area contributed by atoms with Crippen molar-refractivity contribution in [3.8, 4) is 0 Å². The first-order chi connectivity index (χ1) is 8.36. The minimum absolute atomic E-state index is 0.0526. The summed E-state index contributed by atoms with van der Waals surface area (Å²) in [7, 11) is 1.40. The predicted octanol–water partition coefficient (Wildman–Crippen LogP) is 2.21. The number of hydrogen-bond donors (Lipinski definition) is 1. The van der Waals surface area contributed by atoms with Gasteiger partial charge < -0.3 is 10.0 Å². The Morgan fingerprint density at radius 1 is 1.17 bits per heavy atom. The van der Waals surface area contributed by atoms with Gasteiger partial charge in [0.25, 0.3) is 5.91 Å². The fourth-order valence-corrected chi connectivity index (χ4v) is 1.41. The third-order valence-electron chi connectivity index (χ3n) is 2.72. The van der Waals surface area contributed by atoms with Crippen LogP contribution in [0.1, 0.15) is 13.8 Å². The average molecular weight is 251 g/mol. The van der Waals surface area contributed by atoms with Crippen LogP contribution in [-0.2, 0) is 9.59 Å². The number of rotatable bonds is 3. The molecule has 1 aromatic rings. The molecule has 0 saturated carbocycles. The summed E-state index contributed by atoms with van der Waals surface area (Å²) in [5.41, 5.74) is 0.136. The molecule has 96 valence electrons. The van der Waals surface area contributed by atoms with E-state index in [1.165, 1.54) is 39.1 Å². The molecule has 18 heavy (non-hydrogen) atoms. The van der Waals surface area contributed by atoms with Crippen LogP contribution in [-0.4, -0.2) is 24.0 Å². The van der Waals surface area contributed by atoms with Crippen molar-refractivity contribution in [2.24, 2.45) is 0 Å². The van der Waals surface area contributed by atoms with Gasteiger partial charge in [-0.25, -0.2) is 9.18 Å². The van der Waals surface area contributed by atoms with Crippen molar-refractivity contribution in [3.63, 3.8) is 0 Å². The van der Waals surface area contributed by atoms with Gasteiger partial charge in [0.05, 0.1) is 5.69 Å². The van der Waals surface area contributed by atoms with Gasteiger partial charge >= 0.3 is 5.97 Å². The van der Waals surface area contributed by atoms with E-state index >= 15 is 0 Å². The van der Waals surface area contributed by atoms with E-state index in [4.69, 9.17) is 5.11 Å². The maximum absolute atomic E-state index is 13.5. The van der Waals surface area contributed by atoms with Gasteiger partial charge in [-0.15, -0.1) is 0 Å². The third-order valence-corrected chi connectivity index (χ3v) is 2.72. The molecule has 0 bridgehead atoms. The lowest BCUT2D eigenvalue weighted by molar-refractivity contribution is -0.133. The molecule has 1 rings (SSSR count). The zero-order valence-corrected chi connectivity index (χ0v) is 10.4. The van der Waals surface area contributed by atoms with Crippen molar-refractivity contribution in [2.45, 2.75) is 13.8 Å². The lowest BCUT2D eigenvalue weighted by Crippen LogP contribution is -2.29. The molecular formula is C13H14FNO3. The number of halogens is 1. The lowest BCUT2D eigenvalue weighted by atomic mass is 10.1. The Kier molecular flexibility index (Phi) is 4.20. The normalized spacial score (nSPS) is 11.8.